The third kappa shape index (κ3) is 1.48. The Bertz CT molecular complexity index is 179. The first-order valence-electron chi connectivity index (χ1n) is 3.24. The van der Waals surface area contributed by atoms with Crippen LogP contribution >= 0.6 is 11.6 Å². The zero-order valence-corrected chi connectivity index (χ0v) is 6.51. The number of halogens is 1. The molecule has 0 aromatic rings. The summed E-state index contributed by atoms with van der Waals surface area (Å²) in [4.78, 5) is 11.1. The van der Waals surface area contributed by atoms with Gasteiger partial charge in [0.2, 0.25) is 0 Å². The molecule has 1 rings (SSSR count). The monoisotopic (exact) mass is 156 g/mol. The van der Waals surface area contributed by atoms with Gasteiger partial charge in [-0.05, 0) is 6.92 Å². The lowest BCUT2D eigenvalue weighted by molar-refractivity contribution is -0.119. The van der Waals surface area contributed by atoms with Gasteiger partial charge in [-0.3, -0.25) is 4.79 Å². The smallest absolute Gasteiger partial charge is 0.160 e. The van der Waals surface area contributed by atoms with E-state index in [1.54, 1.807) is 6.92 Å². The van der Waals surface area contributed by atoms with Crippen LogP contribution < -0.4 is 0 Å². The first-order chi connectivity index (χ1) is 4.72. The first kappa shape index (κ1) is 7.55. The molecular weight excluding hydrogens is 148 g/mol. The molecule has 1 nitrogen and oxygen atoms in total. The van der Waals surface area contributed by atoms with Gasteiger partial charge in [-0.15, -0.1) is 11.6 Å². The summed E-state index contributed by atoms with van der Waals surface area (Å²) in [6.07, 6.45) is 7.42. The topological polar surface area (TPSA) is 17.1 Å². The minimum atomic E-state index is -0.377. The van der Waals surface area contributed by atoms with Crippen LogP contribution in [0.3, 0.4) is 0 Å². The van der Waals surface area contributed by atoms with Crippen LogP contribution in [0.1, 0.15) is 6.92 Å². The fourth-order valence-corrected chi connectivity index (χ4v) is 1.03. The molecule has 0 amide bonds. The number of hydrogen-bond donors (Lipinski definition) is 0. The van der Waals surface area contributed by atoms with Crippen molar-refractivity contribution in [2.45, 2.75) is 12.3 Å². The molecule has 10 heavy (non-hydrogen) atoms. The number of Topliss-reactive ketones (excluding diaryl/α,β-unsaturated/α-hetero) is 1. The van der Waals surface area contributed by atoms with Crippen LogP contribution in [0.5, 0.6) is 0 Å². The lowest BCUT2D eigenvalue weighted by Crippen LogP contribution is -2.17. The minimum absolute atomic E-state index is 0.0756. The van der Waals surface area contributed by atoms with Gasteiger partial charge in [-0.2, -0.15) is 0 Å². The molecule has 2 heteroatoms. The highest BCUT2D eigenvalue weighted by Crippen LogP contribution is 2.14. The van der Waals surface area contributed by atoms with E-state index in [4.69, 9.17) is 11.6 Å². The Morgan fingerprint density at radius 1 is 1.50 bits per heavy atom. The number of carbonyl (C=O) groups excluding carboxylic acids is 1. The summed E-state index contributed by atoms with van der Waals surface area (Å²) in [5, 5.41) is -0.377. The molecule has 0 bridgehead atoms. The highest BCUT2D eigenvalue weighted by Gasteiger charge is 2.18. The normalized spacial score (nSPS) is 19.8. The molecule has 0 fully saturated rings. The fourth-order valence-electron chi connectivity index (χ4n) is 0.887. The van der Waals surface area contributed by atoms with Crippen molar-refractivity contribution in [3.05, 3.63) is 24.3 Å². The number of allylic oxidation sites excluding steroid dienone is 4. The van der Waals surface area contributed by atoms with E-state index in [0.717, 1.165) is 0 Å². The van der Waals surface area contributed by atoms with Crippen LogP contribution in [0.2, 0.25) is 0 Å². The number of rotatable bonds is 2. The van der Waals surface area contributed by atoms with Crippen molar-refractivity contribution < 1.29 is 4.79 Å². The molecule has 0 aromatic carbocycles. The Balaban J connectivity index is 2.58. The Morgan fingerprint density at radius 2 is 2.00 bits per heavy atom. The van der Waals surface area contributed by atoms with E-state index in [1.165, 1.54) is 0 Å². The first-order valence-corrected chi connectivity index (χ1v) is 3.68. The molecule has 1 aliphatic carbocycles. The van der Waals surface area contributed by atoms with E-state index >= 15 is 0 Å². The number of alkyl halides is 1. The van der Waals surface area contributed by atoms with Crippen LogP contribution in [-0.2, 0) is 4.79 Å². The number of ketones is 1. The van der Waals surface area contributed by atoms with Crippen molar-refractivity contribution in [1.29, 1.82) is 0 Å². The van der Waals surface area contributed by atoms with Gasteiger partial charge in [-0.25, -0.2) is 0 Å². The number of hydrogen-bond acceptors (Lipinski definition) is 1. The molecule has 0 saturated carbocycles. The lowest BCUT2D eigenvalue weighted by Gasteiger charge is -2.04. The van der Waals surface area contributed by atoms with Gasteiger partial charge in [0.1, 0.15) is 0 Å². The second-order valence-electron chi connectivity index (χ2n) is 2.31. The molecule has 1 unspecified atom stereocenters. The third-order valence-electron chi connectivity index (χ3n) is 1.47. The van der Waals surface area contributed by atoms with Gasteiger partial charge in [-0.1, -0.05) is 24.3 Å². The highest BCUT2D eigenvalue weighted by atomic mass is 35.5. The average molecular weight is 157 g/mol. The molecule has 54 valence electrons. The second kappa shape index (κ2) is 3.02. The van der Waals surface area contributed by atoms with Crippen LogP contribution in [0.4, 0.5) is 0 Å². The standard InChI is InChI=1S/C8H9ClO/c1-6(9)8(10)7-4-2-3-5-7/h2-7H,1H3. The van der Waals surface area contributed by atoms with E-state index in [2.05, 4.69) is 0 Å². The Labute approximate surface area is 65.4 Å². The quantitative estimate of drug-likeness (QED) is 0.559. The van der Waals surface area contributed by atoms with Gasteiger partial charge in [0, 0.05) is 0 Å². The molecule has 0 saturated heterocycles. The molecule has 0 heterocycles. The molecule has 0 aliphatic heterocycles. The Kier molecular flexibility index (Phi) is 2.28. The molecule has 1 aliphatic rings. The minimum Gasteiger partial charge on any atom is -0.297 e. The van der Waals surface area contributed by atoms with E-state index in [1.807, 2.05) is 24.3 Å². The fraction of sp³-hybridized carbons (Fsp3) is 0.375. The third-order valence-corrected chi connectivity index (χ3v) is 1.68. The van der Waals surface area contributed by atoms with Crippen molar-refractivity contribution in [2.75, 3.05) is 0 Å². The lowest BCUT2D eigenvalue weighted by atomic mass is 10.0. The summed E-state index contributed by atoms with van der Waals surface area (Å²) in [5.41, 5.74) is 0. The summed E-state index contributed by atoms with van der Waals surface area (Å²) < 4.78 is 0. The van der Waals surface area contributed by atoms with Gasteiger partial charge in [0.05, 0.1) is 11.3 Å². The SMILES string of the molecule is CC(Cl)C(=O)C1C=CC=C1. The van der Waals surface area contributed by atoms with Crippen molar-refractivity contribution in [1.82, 2.24) is 0 Å². The number of carbonyl (C=O) groups is 1. The molecule has 0 radical (unpaired) electrons. The summed E-state index contributed by atoms with van der Waals surface area (Å²) in [7, 11) is 0. The summed E-state index contributed by atoms with van der Waals surface area (Å²) >= 11 is 5.59. The average Bonchev–Trinajstić information content (AvgIpc) is 2.36. The molecule has 0 N–H and O–H groups in total. The van der Waals surface area contributed by atoms with E-state index in [9.17, 15) is 4.79 Å². The molecular formula is C8H9ClO. The largest absolute Gasteiger partial charge is 0.297 e. The summed E-state index contributed by atoms with van der Waals surface area (Å²) in [5.74, 6) is -0.000772. The Morgan fingerprint density at radius 3 is 2.40 bits per heavy atom. The highest BCUT2D eigenvalue weighted by molar-refractivity contribution is 6.31. The maximum atomic E-state index is 11.1. The predicted octanol–water partition coefficient (Wildman–Crippen LogP) is 1.93. The van der Waals surface area contributed by atoms with Gasteiger partial charge < -0.3 is 0 Å². The molecule has 0 spiro atoms. The van der Waals surface area contributed by atoms with E-state index in [-0.39, 0.29) is 17.1 Å². The van der Waals surface area contributed by atoms with Crippen LogP contribution in [0, 0.1) is 5.92 Å². The van der Waals surface area contributed by atoms with Gasteiger partial charge in [0.25, 0.3) is 0 Å². The summed E-state index contributed by atoms with van der Waals surface area (Å²) in [6, 6.07) is 0. The zero-order valence-electron chi connectivity index (χ0n) is 5.75. The maximum absolute atomic E-state index is 11.1. The van der Waals surface area contributed by atoms with Crippen molar-refractivity contribution in [3.63, 3.8) is 0 Å². The van der Waals surface area contributed by atoms with Crippen molar-refractivity contribution in [3.8, 4) is 0 Å². The maximum Gasteiger partial charge on any atom is 0.160 e. The molecule has 0 aromatic heterocycles. The summed E-state index contributed by atoms with van der Waals surface area (Å²) in [6.45, 7) is 1.70. The van der Waals surface area contributed by atoms with Crippen LogP contribution in [0.25, 0.3) is 0 Å². The Hall–Kier alpha value is -0.560. The van der Waals surface area contributed by atoms with E-state index in [0.29, 0.717) is 0 Å². The predicted molar refractivity (Wildman–Crippen MR) is 42.1 cm³/mol. The van der Waals surface area contributed by atoms with Crippen molar-refractivity contribution >= 4 is 17.4 Å². The van der Waals surface area contributed by atoms with Gasteiger partial charge >= 0.3 is 0 Å². The second-order valence-corrected chi connectivity index (χ2v) is 2.97. The van der Waals surface area contributed by atoms with Crippen LogP contribution in [-0.4, -0.2) is 11.2 Å². The van der Waals surface area contributed by atoms with Gasteiger partial charge in [0.15, 0.2) is 5.78 Å². The van der Waals surface area contributed by atoms with E-state index < -0.39 is 0 Å². The zero-order chi connectivity index (χ0) is 7.56. The van der Waals surface area contributed by atoms with Crippen molar-refractivity contribution in [2.24, 2.45) is 5.92 Å². The molecule has 1 atom stereocenters. The van der Waals surface area contributed by atoms with Crippen LogP contribution in [0.15, 0.2) is 24.3 Å².